The summed E-state index contributed by atoms with van der Waals surface area (Å²) in [7, 11) is 0. The summed E-state index contributed by atoms with van der Waals surface area (Å²) in [5, 5.41) is 11.1. The first-order valence-corrected chi connectivity index (χ1v) is 6.07. The first-order valence-electron chi connectivity index (χ1n) is 5.69. The highest BCUT2D eigenvalue weighted by Crippen LogP contribution is 2.37. The molecule has 96 valence electrons. The quantitative estimate of drug-likeness (QED) is 0.479. The third-order valence-electron chi connectivity index (χ3n) is 3.06. The van der Waals surface area contributed by atoms with E-state index in [1.54, 1.807) is 4.90 Å². The Morgan fingerprint density at radius 3 is 2.95 bits per heavy atom. The fraction of sp³-hybridized carbons (Fsp3) is 0.167. The SMILES string of the molecule is O=[N+]([O-])c1cnc(Cl)nc1N1CCc2ccccc21. The summed E-state index contributed by atoms with van der Waals surface area (Å²) in [6, 6.07) is 7.77. The van der Waals surface area contributed by atoms with Crippen molar-refractivity contribution in [2.45, 2.75) is 6.42 Å². The molecule has 0 aliphatic carbocycles. The number of benzene rings is 1. The maximum Gasteiger partial charge on any atom is 0.330 e. The number of anilines is 2. The van der Waals surface area contributed by atoms with E-state index in [4.69, 9.17) is 11.6 Å². The average Bonchev–Trinajstić information content (AvgIpc) is 2.82. The van der Waals surface area contributed by atoms with Crippen LogP contribution in [0.15, 0.2) is 30.5 Å². The molecule has 2 heterocycles. The molecule has 0 amide bonds. The van der Waals surface area contributed by atoms with Crippen LogP contribution in [0, 0.1) is 10.1 Å². The molecule has 0 saturated heterocycles. The van der Waals surface area contributed by atoms with Gasteiger partial charge in [0.2, 0.25) is 11.1 Å². The van der Waals surface area contributed by atoms with Crippen LogP contribution in [0.4, 0.5) is 17.2 Å². The molecule has 1 aromatic heterocycles. The van der Waals surface area contributed by atoms with Crippen LogP contribution in [0.5, 0.6) is 0 Å². The Morgan fingerprint density at radius 2 is 2.16 bits per heavy atom. The van der Waals surface area contributed by atoms with Gasteiger partial charge in [-0.05, 0) is 29.7 Å². The molecular weight excluding hydrogens is 268 g/mol. The van der Waals surface area contributed by atoms with E-state index in [2.05, 4.69) is 9.97 Å². The van der Waals surface area contributed by atoms with E-state index in [1.165, 1.54) is 0 Å². The third kappa shape index (κ3) is 2.00. The van der Waals surface area contributed by atoms with Crippen molar-refractivity contribution in [1.82, 2.24) is 9.97 Å². The van der Waals surface area contributed by atoms with Crippen LogP contribution in [0.3, 0.4) is 0 Å². The van der Waals surface area contributed by atoms with Gasteiger partial charge < -0.3 is 4.90 Å². The van der Waals surface area contributed by atoms with Crippen LogP contribution in [-0.4, -0.2) is 21.4 Å². The zero-order valence-electron chi connectivity index (χ0n) is 9.78. The lowest BCUT2D eigenvalue weighted by Crippen LogP contribution is -2.17. The Morgan fingerprint density at radius 1 is 1.37 bits per heavy atom. The summed E-state index contributed by atoms with van der Waals surface area (Å²) < 4.78 is 0. The first-order chi connectivity index (χ1) is 9.16. The van der Waals surface area contributed by atoms with E-state index in [1.807, 2.05) is 24.3 Å². The van der Waals surface area contributed by atoms with E-state index < -0.39 is 4.92 Å². The zero-order chi connectivity index (χ0) is 13.4. The zero-order valence-corrected chi connectivity index (χ0v) is 10.5. The second-order valence-corrected chi connectivity index (χ2v) is 4.47. The summed E-state index contributed by atoms with van der Waals surface area (Å²) in [4.78, 5) is 20.1. The van der Waals surface area contributed by atoms with Crippen molar-refractivity contribution in [3.63, 3.8) is 0 Å². The Bertz CT molecular complexity index is 662. The van der Waals surface area contributed by atoms with E-state index >= 15 is 0 Å². The molecule has 2 aromatic rings. The minimum atomic E-state index is -0.493. The predicted octanol–water partition coefficient (Wildman–Crippen LogP) is 2.73. The molecule has 0 unspecified atom stereocenters. The van der Waals surface area contributed by atoms with Crippen LogP contribution >= 0.6 is 11.6 Å². The Labute approximate surface area is 113 Å². The maximum absolute atomic E-state index is 11.1. The molecule has 0 fully saturated rings. The molecule has 19 heavy (non-hydrogen) atoms. The summed E-state index contributed by atoms with van der Waals surface area (Å²) >= 11 is 5.76. The molecule has 7 heteroatoms. The molecule has 3 rings (SSSR count). The van der Waals surface area contributed by atoms with Gasteiger partial charge in [0, 0.05) is 12.2 Å². The van der Waals surface area contributed by atoms with Crippen molar-refractivity contribution in [3.05, 3.63) is 51.4 Å². The fourth-order valence-electron chi connectivity index (χ4n) is 2.23. The summed E-state index contributed by atoms with van der Waals surface area (Å²) in [6.45, 7) is 0.646. The van der Waals surface area contributed by atoms with Crippen LogP contribution in [-0.2, 0) is 6.42 Å². The largest absolute Gasteiger partial charge is 0.330 e. The molecule has 0 atom stereocenters. The molecule has 0 bridgehead atoms. The van der Waals surface area contributed by atoms with Gasteiger partial charge in [-0.25, -0.2) is 4.98 Å². The minimum Gasteiger partial charge on any atom is -0.320 e. The lowest BCUT2D eigenvalue weighted by Gasteiger charge is -2.17. The number of fused-ring (bicyclic) bond motifs is 1. The minimum absolute atomic E-state index is 0.00461. The number of hydrogen-bond acceptors (Lipinski definition) is 5. The van der Waals surface area contributed by atoms with Crippen LogP contribution in [0.1, 0.15) is 5.56 Å². The molecule has 0 saturated carbocycles. The normalized spacial score (nSPS) is 13.4. The number of nitrogens with zero attached hydrogens (tertiary/aromatic N) is 4. The van der Waals surface area contributed by atoms with Gasteiger partial charge >= 0.3 is 5.69 Å². The van der Waals surface area contributed by atoms with E-state index in [0.717, 1.165) is 23.9 Å². The Balaban J connectivity index is 2.13. The van der Waals surface area contributed by atoms with Gasteiger partial charge in [0.1, 0.15) is 6.20 Å². The van der Waals surface area contributed by atoms with E-state index in [-0.39, 0.29) is 16.8 Å². The van der Waals surface area contributed by atoms with Crippen molar-refractivity contribution in [1.29, 1.82) is 0 Å². The van der Waals surface area contributed by atoms with Crippen molar-refractivity contribution in [3.8, 4) is 0 Å². The topological polar surface area (TPSA) is 72.2 Å². The number of hydrogen-bond donors (Lipinski definition) is 0. The molecule has 1 aliphatic heterocycles. The number of rotatable bonds is 2. The lowest BCUT2D eigenvalue weighted by molar-refractivity contribution is -0.384. The van der Waals surface area contributed by atoms with Crippen molar-refractivity contribution in [2.75, 3.05) is 11.4 Å². The first kappa shape index (κ1) is 11.9. The Hall–Kier alpha value is -2.21. The molecular formula is C12H9ClN4O2. The number of para-hydroxylation sites is 1. The molecule has 0 N–H and O–H groups in total. The van der Waals surface area contributed by atoms with Crippen molar-refractivity contribution in [2.24, 2.45) is 0 Å². The summed E-state index contributed by atoms with van der Waals surface area (Å²) in [5.74, 6) is 0.245. The Kier molecular flexibility index (Phi) is 2.79. The van der Waals surface area contributed by atoms with Gasteiger partial charge in [0.25, 0.3) is 0 Å². The summed E-state index contributed by atoms with van der Waals surface area (Å²) in [5.41, 5.74) is 1.94. The predicted molar refractivity (Wildman–Crippen MR) is 70.8 cm³/mol. The van der Waals surface area contributed by atoms with Crippen molar-refractivity contribution >= 4 is 28.8 Å². The molecule has 0 spiro atoms. The smallest absolute Gasteiger partial charge is 0.320 e. The highest BCUT2D eigenvalue weighted by atomic mass is 35.5. The fourth-order valence-corrected chi connectivity index (χ4v) is 2.36. The highest BCUT2D eigenvalue weighted by molar-refractivity contribution is 6.28. The van der Waals surface area contributed by atoms with Gasteiger partial charge in [-0.3, -0.25) is 10.1 Å². The van der Waals surface area contributed by atoms with Crippen molar-refractivity contribution < 1.29 is 4.92 Å². The number of nitro groups is 1. The van der Waals surface area contributed by atoms with Gasteiger partial charge in [-0.2, -0.15) is 4.98 Å². The van der Waals surface area contributed by atoms with Gasteiger partial charge in [0.05, 0.1) is 4.92 Å². The van der Waals surface area contributed by atoms with Gasteiger partial charge in [-0.15, -0.1) is 0 Å². The molecule has 1 aromatic carbocycles. The lowest BCUT2D eigenvalue weighted by atomic mass is 10.2. The summed E-state index contributed by atoms with van der Waals surface area (Å²) in [6.07, 6.45) is 1.97. The molecule has 0 radical (unpaired) electrons. The van der Waals surface area contributed by atoms with Gasteiger partial charge in [0.15, 0.2) is 0 Å². The highest BCUT2D eigenvalue weighted by Gasteiger charge is 2.28. The van der Waals surface area contributed by atoms with E-state index in [9.17, 15) is 10.1 Å². The van der Waals surface area contributed by atoms with Crippen LogP contribution in [0.25, 0.3) is 0 Å². The second-order valence-electron chi connectivity index (χ2n) is 4.14. The van der Waals surface area contributed by atoms with Crippen LogP contribution in [0.2, 0.25) is 5.28 Å². The average molecular weight is 277 g/mol. The number of aromatic nitrogens is 2. The van der Waals surface area contributed by atoms with Gasteiger partial charge in [-0.1, -0.05) is 18.2 Å². The van der Waals surface area contributed by atoms with E-state index in [0.29, 0.717) is 6.54 Å². The molecule has 6 nitrogen and oxygen atoms in total. The van der Waals surface area contributed by atoms with Crippen LogP contribution < -0.4 is 4.90 Å². The molecule has 1 aliphatic rings. The maximum atomic E-state index is 11.1. The second kappa shape index (κ2) is 4.47. The monoisotopic (exact) mass is 276 g/mol. The third-order valence-corrected chi connectivity index (χ3v) is 3.24. The number of halogens is 1. The standard InChI is InChI=1S/C12H9ClN4O2/c13-12-14-7-10(17(18)19)11(15-12)16-6-5-8-3-1-2-4-9(8)16/h1-4,7H,5-6H2.